The largest absolute Gasteiger partial charge is 0.325 e. The number of aryl methyl sites for hydroxylation is 2. The number of hydrogen-bond acceptors (Lipinski definition) is 7. The molecule has 2 rings (SSSR count). The molecule has 0 spiro atoms. The van der Waals surface area contributed by atoms with Crippen LogP contribution in [0.4, 0.5) is 10.5 Å². The van der Waals surface area contributed by atoms with Crippen molar-refractivity contribution in [2.24, 2.45) is 0 Å². The van der Waals surface area contributed by atoms with E-state index in [1.807, 2.05) is 38.3 Å². The fraction of sp³-hybridized carbons (Fsp3) is 0.286. The normalized spacial score (nSPS) is 10.4. The Hall–Kier alpha value is -1.58. The van der Waals surface area contributed by atoms with Crippen LogP contribution in [0.15, 0.2) is 26.9 Å². The molecule has 2 aromatic rings. The average Bonchev–Trinajstić information content (AvgIpc) is 2.96. The Kier molecular flexibility index (Phi) is 6.43. The van der Waals surface area contributed by atoms with Crippen LogP contribution in [-0.2, 0) is 4.79 Å². The summed E-state index contributed by atoms with van der Waals surface area (Å²) in [6, 6.07) is 5.14. The number of urea groups is 1. The summed E-state index contributed by atoms with van der Waals surface area (Å²) in [5.74, 6) is -0.262. The van der Waals surface area contributed by atoms with Gasteiger partial charge in [0.25, 0.3) is 0 Å². The lowest BCUT2D eigenvalue weighted by Gasteiger charge is -2.09. The summed E-state index contributed by atoms with van der Waals surface area (Å²) in [5, 5.41) is 12.9. The van der Waals surface area contributed by atoms with Gasteiger partial charge in [0, 0.05) is 5.69 Å². The second kappa shape index (κ2) is 8.32. The first-order valence-electron chi connectivity index (χ1n) is 6.66. The first kappa shape index (κ1) is 17.8. The topological polar surface area (TPSA) is 84.0 Å². The Bertz CT molecular complexity index is 718. The number of rotatable bonds is 5. The van der Waals surface area contributed by atoms with Gasteiger partial charge in [-0.1, -0.05) is 52.6 Å². The van der Waals surface area contributed by atoms with Crippen LogP contribution in [0.5, 0.6) is 0 Å². The molecule has 0 unspecified atom stereocenters. The van der Waals surface area contributed by atoms with Crippen molar-refractivity contribution >= 4 is 52.5 Å². The molecular formula is C14H16N4O2S3. The van der Waals surface area contributed by atoms with Crippen LogP contribution in [-0.4, -0.2) is 34.1 Å². The Morgan fingerprint density at radius 2 is 1.96 bits per heavy atom. The predicted molar refractivity (Wildman–Crippen MR) is 95.5 cm³/mol. The van der Waals surface area contributed by atoms with Crippen LogP contribution in [0.3, 0.4) is 0 Å². The van der Waals surface area contributed by atoms with Gasteiger partial charge in [0.2, 0.25) is 5.91 Å². The summed E-state index contributed by atoms with van der Waals surface area (Å²) in [6.07, 6.45) is 1.92. The maximum absolute atomic E-state index is 11.8. The zero-order valence-corrected chi connectivity index (χ0v) is 15.3. The summed E-state index contributed by atoms with van der Waals surface area (Å²) >= 11 is 4.19. The number of aromatic nitrogens is 2. The molecule has 1 heterocycles. The van der Waals surface area contributed by atoms with Crippen molar-refractivity contribution in [3.8, 4) is 0 Å². The summed E-state index contributed by atoms with van der Waals surface area (Å²) < 4.78 is 1.56. The molecule has 1 aromatic carbocycles. The first-order chi connectivity index (χ1) is 11.0. The Balaban J connectivity index is 1.81. The van der Waals surface area contributed by atoms with E-state index in [0.29, 0.717) is 10.0 Å². The summed E-state index contributed by atoms with van der Waals surface area (Å²) in [4.78, 5) is 23.6. The van der Waals surface area contributed by atoms with Crippen molar-refractivity contribution in [2.75, 3.05) is 17.3 Å². The molecule has 0 aliphatic heterocycles. The van der Waals surface area contributed by atoms with Crippen molar-refractivity contribution in [1.82, 2.24) is 15.5 Å². The molecule has 2 N–H and O–H groups in total. The number of nitrogens with zero attached hydrogens (tertiary/aromatic N) is 2. The predicted octanol–water partition coefficient (Wildman–Crippen LogP) is 3.32. The van der Waals surface area contributed by atoms with Gasteiger partial charge >= 0.3 is 6.03 Å². The molecule has 0 bridgehead atoms. The zero-order chi connectivity index (χ0) is 16.8. The minimum atomic E-state index is -0.537. The Morgan fingerprint density at radius 1 is 1.22 bits per heavy atom. The standard InChI is InChI=1S/C14H16N4O2S3/c1-8-4-5-10(9(2)6-8)15-12(20)16-11(19)7-22-14-18-17-13(21-3)23-14/h4-6H,7H2,1-3H3,(H2,15,16,19,20). The van der Waals surface area contributed by atoms with Gasteiger partial charge in [-0.2, -0.15) is 0 Å². The van der Waals surface area contributed by atoms with E-state index in [4.69, 9.17) is 0 Å². The molecule has 0 atom stereocenters. The molecule has 0 saturated carbocycles. The minimum Gasteiger partial charge on any atom is -0.307 e. The van der Waals surface area contributed by atoms with E-state index in [2.05, 4.69) is 20.8 Å². The third-order valence-corrected chi connectivity index (χ3v) is 5.80. The monoisotopic (exact) mass is 368 g/mol. The summed E-state index contributed by atoms with van der Waals surface area (Å²) in [5.41, 5.74) is 2.74. The van der Waals surface area contributed by atoms with E-state index in [1.54, 1.807) is 0 Å². The zero-order valence-electron chi connectivity index (χ0n) is 12.9. The molecule has 0 fully saturated rings. The van der Waals surface area contributed by atoms with Gasteiger partial charge in [0.05, 0.1) is 5.75 Å². The van der Waals surface area contributed by atoms with Crippen LogP contribution in [0.1, 0.15) is 11.1 Å². The highest BCUT2D eigenvalue weighted by molar-refractivity contribution is 8.03. The van der Waals surface area contributed by atoms with Crippen LogP contribution in [0.25, 0.3) is 0 Å². The van der Waals surface area contributed by atoms with E-state index < -0.39 is 6.03 Å². The fourth-order valence-electron chi connectivity index (χ4n) is 1.74. The second-order valence-electron chi connectivity index (χ2n) is 4.65. The number of benzene rings is 1. The van der Waals surface area contributed by atoms with Gasteiger partial charge < -0.3 is 5.32 Å². The molecular weight excluding hydrogens is 352 g/mol. The first-order valence-corrected chi connectivity index (χ1v) is 9.69. The third kappa shape index (κ3) is 5.52. The van der Waals surface area contributed by atoms with Crippen LogP contribution in [0, 0.1) is 13.8 Å². The van der Waals surface area contributed by atoms with Crippen molar-refractivity contribution in [2.45, 2.75) is 22.5 Å². The van der Waals surface area contributed by atoms with E-state index in [9.17, 15) is 9.59 Å². The van der Waals surface area contributed by atoms with Crippen molar-refractivity contribution in [3.05, 3.63) is 29.3 Å². The number of anilines is 1. The molecule has 0 radical (unpaired) electrons. The number of imide groups is 1. The van der Waals surface area contributed by atoms with E-state index in [-0.39, 0.29) is 11.7 Å². The number of hydrogen-bond donors (Lipinski definition) is 2. The summed E-state index contributed by atoms with van der Waals surface area (Å²) in [6.45, 7) is 3.88. The molecule has 9 heteroatoms. The van der Waals surface area contributed by atoms with Crippen LogP contribution < -0.4 is 10.6 Å². The molecule has 0 saturated heterocycles. The number of carbonyl (C=O) groups is 2. The molecule has 0 aliphatic carbocycles. The lowest BCUT2D eigenvalue weighted by molar-refractivity contribution is -0.117. The Morgan fingerprint density at radius 3 is 2.61 bits per heavy atom. The molecule has 23 heavy (non-hydrogen) atoms. The van der Waals surface area contributed by atoms with Gasteiger partial charge in [-0.25, -0.2) is 4.79 Å². The van der Waals surface area contributed by atoms with Gasteiger partial charge in [0.1, 0.15) is 0 Å². The highest BCUT2D eigenvalue weighted by Crippen LogP contribution is 2.27. The highest BCUT2D eigenvalue weighted by Gasteiger charge is 2.11. The van der Waals surface area contributed by atoms with E-state index in [0.717, 1.165) is 15.5 Å². The lowest BCUT2D eigenvalue weighted by Crippen LogP contribution is -2.35. The average molecular weight is 369 g/mol. The second-order valence-corrected chi connectivity index (χ2v) is 7.90. The van der Waals surface area contributed by atoms with Gasteiger partial charge in [-0.05, 0) is 31.7 Å². The molecule has 0 aliphatic rings. The highest BCUT2D eigenvalue weighted by atomic mass is 32.2. The number of amides is 3. The molecule has 6 nitrogen and oxygen atoms in total. The van der Waals surface area contributed by atoms with E-state index >= 15 is 0 Å². The fourth-order valence-corrected chi connectivity index (χ4v) is 3.97. The maximum atomic E-state index is 11.8. The summed E-state index contributed by atoms with van der Waals surface area (Å²) in [7, 11) is 0. The third-order valence-electron chi connectivity index (χ3n) is 2.77. The van der Waals surface area contributed by atoms with Gasteiger partial charge in [0.15, 0.2) is 8.68 Å². The molecule has 122 valence electrons. The Labute approximate surface area is 146 Å². The quantitative estimate of drug-likeness (QED) is 0.788. The SMILES string of the molecule is CSc1nnc(SCC(=O)NC(=O)Nc2ccc(C)cc2C)s1. The van der Waals surface area contributed by atoms with Crippen LogP contribution >= 0.6 is 34.9 Å². The lowest BCUT2D eigenvalue weighted by atomic mass is 10.1. The van der Waals surface area contributed by atoms with Crippen molar-refractivity contribution in [3.63, 3.8) is 0 Å². The van der Waals surface area contributed by atoms with Crippen LogP contribution in [0.2, 0.25) is 0 Å². The van der Waals surface area contributed by atoms with Gasteiger partial charge in [-0.3, -0.25) is 10.1 Å². The molecule has 3 amide bonds. The van der Waals surface area contributed by atoms with Crippen molar-refractivity contribution < 1.29 is 9.59 Å². The smallest absolute Gasteiger partial charge is 0.307 e. The maximum Gasteiger partial charge on any atom is 0.325 e. The number of thioether (sulfide) groups is 2. The molecule has 1 aromatic heterocycles. The van der Waals surface area contributed by atoms with E-state index in [1.165, 1.54) is 34.9 Å². The van der Waals surface area contributed by atoms with Crippen molar-refractivity contribution in [1.29, 1.82) is 0 Å². The number of nitrogens with one attached hydrogen (secondary N) is 2. The van der Waals surface area contributed by atoms with Gasteiger partial charge in [-0.15, -0.1) is 10.2 Å². The number of carbonyl (C=O) groups excluding carboxylic acids is 2. The minimum absolute atomic E-state index is 0.114.